The number of anilines is 3. The van der Waals surface area contributed by atoms with Crippen molar-refractivity contribution in [3.8, 4) is 83.9 Å². The maximum absolute atomic E-state index is 7.97. The first-order chi connectivity index (χ1) is 44.2. The van der Waals surface area contributed by atoms with Crippen LogP contribution < -0.4 is 26.0 Å². The van der Waals surface area contributed by atoms with E-state index in [9.17, 15) is 0 Å². The van der Waals surface area contributed by atoms with Crippen LogP contribution >= 0.6 is 0 Å². The second kappa shape index (κ2) is 21.9. The minimum absolute atomic E-state index is 0.0203. The van der Waals surface area contributed by atoms with Crippen molar-refractivity contribution in [1.29, 1.82) is 0 Å². The summed E-state index contributed by atoms with van der Waals surface area (Å²) in [7, 11) is 0. The molecule has 12 aromatic carbocycles. The molecule has 4 heteroatoms. The van der Waals surface area contributed by atoms with Gasteiger partial charge in [0.05, 0.1) is 16.7 Å². The highest BCUT2D eigenvalue weighted by Gasteiger charge is 2.45. The van der Waals surface area contributed by atoms with E-state index in [0.29, 0.717) is 0 Å². The van der Waals surface area contributed by atoms with Gasteiger partial charge in [-0.15, -0.1) is 0 Å². The predicted molar refractivity (Wildman–Crippen MR) is 394 cm³/mol. The van der Waals surface area contributed by atoms with E-state index < -0.39 is 0 Å². The number of rotatable bonds is 8. The molecule has 0 fully saturated rings. The van der Waals surface area contributed by atoms with Crippen LogP contribution in [0, 0.1) is 0 Å². The van der Waals surface area contributed by atoms with Gasteiger partial charge in [0.15, 0.2) is 0 Å². The summed E-state index contributed by atoms with van der Waals surface area (Å²) in [5.74, 6) is 1.71. The van der Waals surface area contributed by atoms with Gasteiger partial charge >= 0.3 is 0 Å². The maximum Gasteiger partial charge on any atom is 0.256 e. The average molecular weight is 1190 g/mol. The Kier molecular flexibility index (Phi) is 13.9. The van der Waals surface area contributed by atoms with E-state index in [1.165, 1.54) is 55.1 Å². The molecule has 450 valence electrons. The molecule has 0 bridgehead atoms. The molecule has 3 heterocycles. The molecule has 0 radical (unpaired) electrons. The zero-order chi connectivity index (χ0) is 63.6. The lowest BCUT2D eigenvalue weighted by Crippen LogP contribution is -2.59. The minimum Gasteiger partial charge on any atom is -0.458 e. The van der Waals surface area contributed by atoms with Gasteiger partial charge in [-0.3, -0.25) is 0 Å². The quantitative estimate of drug-likeness (QED) is 0.141. The third-order valence-corrected chi connectivity index (χ3v) is 19.5. The van der Waals surface area contributed by atoms with Crippen LogP contribution in [0.3, 0.4) is 0 Å². The first-order valence-electron chi connectivity index (χ1n) is 32.8. The Morgan fingerprint density at radius 2 is 0.728 bits per heavy atom. The molecule has 2 aliphatic rings. The van der Waals surface area contributed by atoms with E-state index in [-0.39, 0.29) is 28.4 Å². The molecule has 3 nitrogen and oxygen atoms in total. The van der Waals surface area contributed by atoms with Crippen LogP contribution in [0.15, 0.2) is 261 Å². The highest BCUT2D eigenvalue weighted by Crippen LogP contribution is 2.54. The van der Waals surface area contributed by atoms with Crippen LogP contribution in [0.5, 0.6) is 11.5 Å². The van der Waals surface area contributed by atoms with E-state index in [4.69, 9.17) is 4.74 Å². The number of hydrogen-bond acceptors (Lipinski definition) is 2. The van der Waals surface area contributed by atoms with Gasteiger partial charge in [0, 0.05) is 44.5 Å². The highest BCUT2D eigenvalue weighted by molar-refractivity contribution is 6.99. The Morgan fingerprint density at radius 3 is 1.18 bits per heavy atom. The Bertz CT molecular complexity index is 4870. The Hall–Kier alpha value is -9.90. The lowest BCUT2D eigenvalue weighted by Gasteiger charge is -2.43. The largest absolute Gasteiger partial charge is 0.458 e. The molecule has 13 aromatic rings. The molecule has 0 saturated carbocycles. The molecule has 0 amide bonds. The van der Waals surface area contributed by atoms with E-state index in [0.717, 1.165) is 106 Å². The molecule has 92 heavy (non-hydrogen) atoms. The summed E-state index contributed by atoms with van der Waals surface area (Å²) >= 11 is 0. The van der Waals surface area contributed by atoms with Gasteiger partial charge in [-0.1, -0.05) is 277 Å². The van der Waals surface area contributed by atoms with Crippen LogP contribution in [-0.4, -0.2) is 11.3 Å². The van der Waals surface area contributed by atoms with Gasteiger partial charge in [-0.25, -0.2) is 0 Å². The fourth-order valence-corrected chi connectivity index (χ4v) is 14.3. The zero-order valence-corrected chi connectivity index (χ0v) is 55.2. The Balaban J connectivity index is 1.12. The van der Waals surface area contributed by atoms with Crippen LogP contribution in [0.2, 0.25) is 0 Å². The maximum atomic E-state index is 7.97. The Morgan fingerprint density at radius 1 is 0.304 bits per heavy atom. The fraction of sp³-hybridized carbons (Fsp3) is 0.182. The highest BCUT2D eigenvalue weighted by atomic mass is 16.5. The number of nitrogens with zero attached hydrogens (tertiary/aromatic N) is 2. The number of hydrogen-bond donors (Lipinski definition) is 0. The first kappa shape index (κ1) is 58.5. The van der Waals surface area contributed by atoms with Gasteiger partial charge in [-0.05, 0) is 177 Å². The van der Waals surface area contributed by atoms with Crippen LogP contribution in [0.4, 0.5) is 17.1 Å². The third kappa shape index (κ3) is 10.2. The van der Waals surface area contributed by atoms with E-state index in [1.807, 2.05) is 0 Å². The summed E-state index contributed by atoms with van der Waals surface area (Å²) in [6.07, 6.45) is 0. The van der Waals surface area contributed by atoms with Crippen molar-refractivity contribution in [2.45, 2.75) is 105 Å². The second-order valence-corrected chi connectivity index (χ2v) is 29.8. The molecule has 0 spiro atoms. The van der Waals surface area contributed by atoms with Gasteiger partial charge in [0.1, 0.15) is 11.5 Å². The van der Waals surface area contributed by atoms with E-state index in [1.54, 1.807) is 0 Å². The van der Waals surface area contributed by atoms with Crippen molar-refractivity contribution in [3.63, 3.8) is 0 Å². The predicted octanol–water partition coefficient (Wildman–Crippen LogP) is 22.4. The molecule has 0 saturated heterocycles. The van der Waals surface area contributed by atoms with E-state index >= 15 is 0 Å². The van der Waals surface area contributed by atoms with Crippen molar-refractivity contribution in [3.05, 3.63) is 283 Å². The van der Waals surface area contributed by atoms with Gasteiger partial charge in [0.2, 0.25) is 0 Å². The van der Waals surface area contributed by atoms with Gasteiger partial charge < -0.3 is 14.2 Å². The monoisotopic (exact) mass is 1190 g/mol. The fourth-order valence-electron chi connectivity index (χ4n) is 14.3. The summed E-state index contributed by atoms with van der Waals surface area (Å²) < 4.78 is 10.5. The molecular weight excluding hydrogens is 1110 g/mol. The summed E-state index contributed by atoms with van der Waals surface area (Å²) in [4.78, 5) is 2.65. The van der Waals surface area contributed by atoms with Gasteiger partial charge in [-0.2, -0.15) is 0 Å². The lowest BCUT2D eigenvalue weighted by atomic mass is 9.33. The van der Waals surface area contributed by atoms with Crippen molar-refractivity contribution >= 4 is 62.0 Å². The standard InChI is InChI=1S/C88H79BN2O/c1-85(2,3)63-40-38-56(39-41-63)62-46-80-82-81(47-62)92-84-72(61-36-26-17-27-37-61)52-67(90-77-44-42-64(86(4,5)6)48-73(77)74-49-65(87(7,8)9)43-45-78(74)90)53-76(84)89(82)75-54-68(57-28-18-13-19-29-57)69(58-30-20-14-21-31-58)55-79(75)91(80)83-70(59-32-22-15-23-33-59)50-66(88(10,11)12)51-71(83)60-34-24-16-25-35-60/h13-55H,1-12H3. The summed E-state index contributed by atoms with van der Waals surface area (Å²) in [5.41, 5.74) is 28.7. The molecular formula is C88H79BN2O. The van der Waals surface area contributed by atoms with E-state index in [2.05, 4.69) is 353 Å². The van der Waals surface area contributed by atoms with Crippen molar-refractivity contribution < 1.29 is 4.74 Å². The van der Waals surface area contributed by atoms with Crippen LogP contribution in [-0.2, 0) is 21.7 Å². The normalized spacial score (nSPS) is 13.0. The first-order valence-corrected chi connectivity index (χ1v) is 32.8. The van der Waals surface area contributed by atoms with Crippen molar-refractivity contribution in [2.24, 2.45) is 0 Å². The smallest absolute Gasteiger partial charge is 0.256 e. The second-order valence-electron chi connectivity index (χ2n) is 29.8. The topological polar surface area (TPSA) is 17.4 Å². The molecule has 2 aliphatic heterocycles. The van der Waals surface area contributed by atoms with Gasteiger partial charge in [0.25, 0.3) is 6.71 Å². The number of fused-ring (bicyclic) bond motifs is 7. The zero-order valence-electron chi connectivity index (χ0n) is 55.2. The minimum atomic E-state index is -0.302. The van der Waals surface area contributed by atoms with Crippen molar-refractivity contribution in [1.82, 2.24) is 4.57 Å². The molecule has 15 rings (SSSR count). The molecule has 1 aromatic heterocycles. The molecule has 0 atom stereocenters. The van der Waals surface area contributed by atoms with Crippen LogP contribution in [0.25, 0.3) is 94.3 Å². The third-order valence-electron chi connectivity index (χ3n) is 19.5. The van der Waals surface area contributed by atoms with Crippen molar-refractivity contribution in [2.75, 3.05) is 4.90 Å². The lowest BCUT2D eigenvalue weighted by molar-refractivity contribution is 0.489. The average Bonchev–Trinajstić information content (AvgIpc) is 0.723. The summed E-state index contributed by atoms with van der Waals surface area (Å²) in [5, 5.41) is 2.51. The molecule has 0 aliphatic carbocycles. The number of benzene rings is 12. The molecule has 0 unspecified atom stereocenters. The van der Waals surface area contributed by atoms with Crippen LogP contribution in [0.1, 0.15) is 105 Å². The number of ether oxygens (including phenoxy) is 1. The summed E-state index contributed by atoms with van der Waals surface area (Å²) in [6, 6.07) is 98.6. The molecule has 0 N–H and O–H groups in total. The SMILES string of the molecule is CC(C)(C)c1ccc(-c2cc3c4c(c2)N(c2c(-c5ccccc5)cc(C(C)(C)C)cc2-c2ccccc2)c2cc(-c5ccccc5)c(-c5ccccc5)cc2B4c2cc(-n4c5ccc(C(C)(C)C)cc5c5cc(C(C)(C)C)ccc54)cc(-c4ccccc4)c2O3)cc1. The Labute approximate surface area is 544 Å². The number of aromatic nitrogens is 1. The summed E-state index contributed by atoms with van der Waals surface area (Å²) in [6.45, 7) is 27.5.